The molecule has 0 spiro atoms. The van der Waals surface area contributed by atoms with Crippen molar-refractivity contribution in [2.45, 2.75) is 37.8 Å². The standard InChI is InChI=1S/C20H25N7OS/c1-26(2)18-11-12-22-19(25-18)23-15-5-7-16(8-6-15)24-20(28)27(29)17-9-3-14(13-21)4-10-17/h3-4,9-12,15-16,29H,5-8H2,1-2H3,(H,24,28)(H,22,23,25). The van der Waals surface area contributed by atoms with Crippen LogP contribution in [0.25, 0.3) is 0 Å². The third-order valence-electron chi connectivity index (χ3n) is 4.92. The molecule has 1 aromatic carbocycles. The second-order valence-electron chi connectivity index (χ2n) is 7.25. The van der Waals surface area contributed by atoms with Gasteiger partial charge in [0, 0.05) is 32.4 Å². The van der Waals surface area contributed by atoms with Crippen LogP contribution in [0.5, 0.6) is 0 Å². The Kier molecular flexibility index (Phi) is 6.77. The SMILES string of the molecule is CN(C)c1ccnc(NC2CCC(NC(=O)N(S)c3ccc(C#N)cc3)CC2)n1. The van der Waals surface area contributed by atoms with Gasteiger partial charge >= 0.3 is 6.03 Å². The van der Waals surface area contributed by atoms with E-state index in [1.165, 1.54) is 4.31 Å². The molecule has 8 nitrogen and oxygen atoms in total. The number of benzene rings is 1. The van der Waals surface area contributed by atoms with Gasteiger partial charge in [0.2, 0.25) is 5.95 Å². The van der Waals surface area contributed by atoms with E-state index < -0.39 is 0 Å². The Hall–Kier alpha value is -2.99. The summed E-state index contributed by atoms with van der Waals surface area (Å²) in [5.74, 6) is 1.49. The van der Waals surface area contributed by atoms with E-state index >= 15 is 0 Å². The first kappa shape index (κ1) is 20.7. The van der Waals surface area contributed by atoms with Gasteiger partial charge in [-0.25, -0.2) is 14.1 Å². The molecule has 2 aromatic rings. The summed E-state index contributed by atoms with van der Waals surface area (Å²) in [6.45, 7) is 0. The lowest BCUT2D eigenvalue weighted by Gasteiger charge is -2.30. The van der Waals surface area contributed by atoms with Crippen LogP contribution in [0.4, 0.5) is 22.2 Å². The first-order chi connectivity index (χ1) is 14.0. The molecule has 0 saturated heterocycles. The van der Waals surface area contributed by atoms with Crippen LogP contribution in [0.15, 0.2) is 36.5 Å². The highest BCUT2D eigenvalue weighted by molar-refractivity contribution is 7.82. The van der Waals surface area contributed by atoms with E-state index in [0.717, 1.165) is 31.5 Å². The summed E-state index contributed by atoms with van der Waals surface area (Å²) in [6, 6.07) is 10.8. The smallest absolute Gasteiger partial charge is 0.332 e. The number of urea groups is 1. The van der Waals surface area contributed by atoms with Crippen molar-refractivity contribution in [2.75, 3.05) is 28.6 Å². The van der Waals surface area contributed by atoms with Gasteiger partial charge in [0.05, 0.1) is 17.3 Å². The predicted octanol–water partition coefficient (Wildman–Crippen LogP) is 3.20. The molecule has 152 valence electrons. The van der Waals surface area contributed by atoms with E-state index in [9.17, 15) is 4.79 Å². The number of hydrogen-bond donors (Lipinski definition) is 3. The molecule has 1 heterocycles. The molecule has 0 radical (unpaired) electrons. The fourth-order valence-corrected chi connectivity index (χ4v) is 3.45. The van der Waals surface area contributed by atoms with Crippen molar-refractivity contribution in [3.63, 3.8) is 0 Å². The van der Waals surface area contributed by atoms with Crippen LogP contribution in [0, 0.1) is 11.3 Å². The Morgan fingerprint density at radius 1 is 1.14 bits per heavy atom. The van der Waals surface area contributed by atoms with Gasteiger partial charge in [0.25, 0.3) is 0 Å². The number of rotatable bonds is 5. The van der Waals surface area contributed by atoms with Crippen molar-refractivity contribution in [2.24, 2.45) is 0 Å². The van der Waals surface area contributed by atoms with Crippen LogP contribution < -0.4 is 19.8 Å². The molecule has 29 heavy (non-hydrogen) atoms. The summed E-state index contributed by atoms with van der Waals surface area (Å²) in [5.41, 5.74) is 1.17. The first-order valence-electron chi connectivity index (χ1n) is 9.53. The summed E-state index contributed by atoms with van der Waals surface area (Å²) < 4.78 is 1.27. The van der Waals surface area contributed by atoms with E-state index in [-0.39, 0.29) is 18.1 Å². The highest BCUT2D eigenvalue weighted by Crippen LogP contribution is 2.23. The average molecular weight is 412 g/mol. The first-order valence-corrected chi connectivity index (χ1v) is 9.93. The summed E-state index contributed by atoms with van der Waals surface area (Å²) >= 11 is 4.29. The maximum atomic E-state index is 12.5. The molecule has 0 aliphatic heterocycles. The van der Waals surface area contributed by atoms with Crippen LogP contribution in [0.3, 0.4) is 0 Å². The van der Waals surface area contributed by atoms with Gasteiger partial charge in [-0.15, -0.1) is 0 Å². The lowest BCUT2D eigenvalue weighted by atomic mass is 9.91. The number of carbonyl (C=O) groups is 1. The van der Waals surface area contributed by atoms with Gasteiger partial charge in [-0.3, -0.25) is 0 Å². The minimum absolute atomic E-state index is 0.0996. The summed E-state index contributed by atoms with van der Waals surface area (Å²) in [7, 11) is 3.89. The Labute approximate surface area is 176 Å². The average Bonchev–Trinajstić information content (AvgIpc) is 2.75. The molecule has 2 N–H and O–H groups in total. The molecule has 1 aliphatic carbocycles. The van der Waals surface area contributed by atoms with Gasteiger partial charge in [-0.2, -0.15) is 10.2 Å². The molecular formula is C20H25N7OS. The van der Waals surface area contributed by atoms with Crippen LogP contribution in [0.2, 0.25) is 0 Å². The Morgan fingerprint density at radius 2 is 1.79 bits per heavy atom. The quantitative estimate of drug-likeness (QED) is 0.654. The van der Waals surface area contributed by atoms with Crippen LogP contribution in [-0.4, -0.2) is 42.2 Å². The topological polar surface area (TPSA) is 97.2 Å². The number of hydrogen-bond acceptors (Lipinski definition) is 7. The molecule has 0 atom stereocenters. The Bertz CT molecular complexity index is 873. The molecule has 2 amide bonds. The van der Waals surface area contributed by atoms with Gasteiger partial charge in [0.15, 0.2) is 0 Å². The van der Waals surface area contributed by atoms with Crippen molar-refractivity contribution in [1.29, 1.82) is 5.26 Å². The number of amides is 2. The molecule has 3 rings (SSSR count). The largest absolute Gasteiger partial charge is 0.363 e. The lowest BCUT2D eigenvalue weighted by molar-refractivity contribution is 0.241. The zero-order chi connectivity index (χ0) is 20.8. The van der Waals surface area contributed by atoms with Crippen LogP contribution in [-0.2, 0) is 0 Å². The third-order valence-corrected chi connectivity index (χ3v) is 5.33. The lowest BCUT2D eigenvalue weighted by Crippen LogP contribution is -2.44. The van der Waals surface area contributed by atoms with Crippen molar-refractivity contribution >= 4 is 36.3 Å². The number of thiol groups is 1. The summed E-state index contributed by atoms with van der Waals surface area (Å²) in [4.78, 5) is 23.2. The summed E-state index contributed by atoms with van der Waals surface area (Å²) in [5, 5.41) is 15.3. The molecule has 1 fully saturated rings. The van der Waals surface area contributed by atoms with Gasteiger partial charge < -0.3 is 15.5 Å². The third kappa shape index (κ3) is 5.51. The summed E-state index contributed by atoms with van der Waals surface area (Å²) in [6.07, 6.45) is 5.33. The minimum atomic E-state index is -0.267. The van der Waals surface area contributed by atoms with Crippen LogP contribution >= 0.6 is 12.8 Å². The van der Waals surface area contributed by atoms with Crippen molar-refractivity contribution < 1.29 is 4.79 Å². The number of nitrogens with one attached hydrogen (secondary N) is 2. The van der Waals surface area contributed by atoms with E-state index in [1.807, 2.05) is 25.1 Å². The normalized spacial score (nSPS) is 18.4. The van der Waals surface area contributed by atoms with Gasteiger partial charge in [-0.05, 0) is 56.0 Å². The predicted molar refractivity (Wildman–Crippen MR) is 117 cm³/mol. The highest BCUT2D eigenvalue weighted by atomic mass is 32.1. The fourth-order valence-electron chi connectivity index (χ4n) is 3.26. The molecular weight excluding hydrogens is 386 g/mol. The monoisotopic (exact) mass is 411 g/mol. The number of carbonyl (C=O) groups excluding carboxylic acids is 1. The van der Waals surface area contributed by atoms with Crippen molar-refractivity contribution in [1.82, 2.24) is 15.3 Å². The zero-order valence-corrected chi connectivity index (χ0v) is 17.4. The Balaban J connectivity index is 1.48. The van der Waals surface area contributed by atoms with E-state index in [4.69, 9.17) is 5.26 Å². The maximum Gasteiger partial charge on any atom is 0.332 e. The van der Waals surface area contributed by atoms with Gasteiger partial charge in [0.1, 0.15) is 5.82 Å². The van der Waals surface area contributed by atoms with E-state index in [0.29, 0.717) is 17.2 Å². The van der Waals surface area contributed by atoms with Crippen molar-refractivity contribution in [3.05, 3.63) is 42.1 Å². The van der Waals surface area contributed by atoms with E-state index in [2.05, 4.69) is 39.5 Å². The molecule has 0 unspecified atom stereocenters. The Morgan fingerprint density at radius 3 is 2.41 bits per heavy atom. The molecule has 1 aliphatic rings. The fraction of sp³-hybridized carbons (Fsp3) is 0.400. The highest BCUT2D eigenvalue weighted by Gasteiger charge is 2.24. The number of anilines is 3. The molecule has 9 heteroatoms. The van der Waals surface area contributed by atoms with Crippen LogP contribution in [0.1, 0.15) is 31.2 Å². The second-order valence-corrected chi connectivity index (χ2v) is 7.65. The maximum absolute atomic E-state index is 12.5. The molecule has 1 aromatic heterocycles. The minimum Gasteiger partial charge on any atom is -0.363 e. The number of aromatic nitrogens is 2. The van der Waals surface area contributed by atoms with E-state index in [1.54, 1.807) is 30.5 Å². The molecule has 1 saturated carbocycles. The number of nitrogens with zero attached hydrogens (tertiary/aromatic N) is 5. The van der Waals surface area contributed by atoms with Gasteiger partial charge in [-0.1, -0.05) is 12.8 Å². The number of nitriles is 1. The van der Waals surface area contributed by atoms with Crippen molar-refractivity contribution in [3.8, 4) is 6.07 Å². The molecule has 0 bridgehead atoms. The second kappa shape index (κ2) is 9.47. The zero-order valence-electron chi connectivity index (χ0n) is 16.5.